The number of aryl methyl sites for hydroxylation is 1. The summed E-state index contributed by atoms with van der Waals surface area (Å²) in [5.74, 6) is 0.0984. The minimum absolute atomic E-state index is 0.00649. The van der Waals surface area contributed by atoms with Crippen LogP contribution in [0.4, 0.5) is 0 Å². The van der Waals surface area contributed by atoms with Crippen molar-refractivity contribution in [1.29, 1.82) is 0 Å². The Morgan fingerprint density at radius 2 is 2.26 bits per heavy atom. The third-order valence-electron chi connectivity index (χ3n) is 2.82. The second-order valence-corrected chi connectivity index (χ2v) is 5.05. The van der Waals surface area contributed by atoms with Crippen molar-refractivity contribution in [2.75, 3.05) is 6.61 Å². The number of amides is 1. The summed E-state index contributed by atoms with van der Waals surface area (Å²) in [6, 6.07) is 1.79. The van der Waals surface area contributed by atoms with Crippen molar-refractivity contribution < 1.29 is 9.90 Å². The fourth-order valence-electron chi connectivity index (χ4n) is 1.71. The Morgan fingerprint density at radius 3 is 2.89 bits per heavy atom. The molecule has 2 rings (SSSR count). The highest BCUT2D eigenvalue weighted by molar-refractivity contribution is 5.91. The van der Waals surface area contributed by atoms with Gasteiger partial charge in [0.15, 0.2) is 0 Å². The highest BCUT2D eigenvalue weighted by Gasteiger charge is 2.23. The zero-order chi connectivity index (χ0) is 14.0. The van der Waals surface area contributed by atoms with Crippen LogP contribution in [0.25, 0.3) is 5.78 Å². The number of carbonyl (C=O) groups is 1. The molecule has 102 valence electrons. The predicted octanol–water partition coefficient (Wildman–Crippen LogP) is 0.324. The standard InChI is InChI=1S/C12H17N5O2/c1-8-4-6-13-11-14-9(16-17(8)11)10(19)15-12(2,3)5-7-18/h4,6,18H,5,7H2,1-3H3,(H,15,19). The topological polar surface area (TPSA) is 92.4 Å². The van der Waals surface area contributed by atoms with Crippen LogP contribution in [0, 0.1) is 6.92 Å². The molecule has 1 amide bonds. The number of nitrogens with one attached hydrogen (secondary N) is 1. The van der Waals surface area contributed by atoms with Crippen LogP contribution < -0.4 is 5.32 Å². The van der Waals surface area contributed by atoms with Crippen LogP contribution in [0.15, 0.2) is 12.3 Å². The van der Waals surface area contributed by atoms with E-state index in [1.807, 2.05) is 20.8 Å². The molecule has 0 atom stereocenters. The highest BCUT2D eigenvalue weighted by Crippen LogP contribution is 2.09. The maximum Gasteiger partial charge on any atom is 0.291 e. The third kappa shape index (κ3) is 2.87. The summed E-state index contributed by atoms with van der Waals surface area (Å²) >= 11 is 0. The quantitative estimate of drug-likeness (QED) is 0.829. The van der Waals surface area contributed by atoms with E-state index in [9.17, 15) is 4.79 Å². The average Bonchev–Trinajstić information content (AvgIpc) is 2.73. The summed E-state index contributed by atoms with van der Waals surface area (Å²) < 4.78 is 1.52. The van der Waals surface area contributed by atoms with Gasteiger partial charge in [0.25, 0.3) is 11.7 Å². The molecule has 0 saturated heterocycles. The molecule has 0 aliphatic heterocycles. The first-order chi connectivity index (χ1) is 8.93. The Bertz CT molecular complexity index is 605. The molecule has 0 fully saturated rings. The fourth-order valence-corrected chi connectivity index (χ4v) is 1.71. The van der Waals surface area contributed by atoms with Crippen LogP contribution in [0.3, 0.4) is 0 Å². The first kappa shape index (κ1) is 13.4. The van der Waals surface area contributed by atoms with Crippen molar-refractivity contribution in [1.82, 2.24) is 24.9 Å². The van der Waals surface area contributed by atoms with Gasteiger partial charge in [-0.3, -0.25) is 4.79 Å². The second kappa shape index (κ2) is 4.93. The molecular weight excluding hydrogens is 246 g/mol. The SMILES string of the molecule is Cc1ccnc2nc(C(=O)NC(C)(C)CCO)nn12. The molecule has 2 aromatic rings. The van der Waals surface area contributed by atoms with Crippen LogP contribution in [0.1, 0.15) is 36.6 Å². The summed E-state index contributed by atoms with van der Waals surface area (Å²) in [5.41, 5.74) is 0.345. The first-order valence-electron chi connectivity index (χ1n) is 6.05. The van der Waals surface area contributed by atoms with E-state index in [-0.39, 0.29) is 18.3 Å². The second-order valence-electron chi connectivity index (χ2n) is 5.05. The number of fused-ring (bicyclic) bond motifs is 1. The summed E-state index contributed by atoms with van der Waals surface area (Å²) in [5, 5.41) is 15.9. The average molecular weight is 263 g/mol. The maximum atomic E-state index is 12.1. The Morgan fingerprint density at radius 1 is 1.53 bits per heavy atom. The van der Waals surface area contributed by atoms with E-state index < -0.39 is 5.54 Å². The van der Waals surface area contributed by atoms with Crippen LogP contribution in [-0.2, 0) is 0 Å². The number of aromatic nitrogens is 4. The van der Waals surface area contributed by atoms with Crippen molar-refractivity contribution >= 4 is 11.7 Å². The summed E-state index contributed by atoms with van der Waals surface area (Å²) in [7, 11) is 0. The molecular formula is C12H17N5O2. The fraction of sp³-hybridized carbons (Fsp3) is 0.500. The number of hydrogen-bond acceptors (Lipinski definition) is 5. The number of nitrogens with zero attached hydrogens (tertiary/aromatic N) is 4. The largest absolute Gasteiger partial charge is 0.396 e. The van der Waals surface area contributed by atoms with E-state index >= 15 is 0 Å². The number of aliphatic hydroxyl groups excluding tert-OH is 1. The van der Waals surface area contributed by atoms with Crippen molar-refractivity contribution in [2.45, 2.75) is 32.7 Å². The normalized spacial score (nSPS) is 11.8. The lowest BCUT2D eigenvalue weighted by Gasteiger charge is -2.24. The third-order valence-corrected chi connectivity index (χ3v) is 2.82. The van der Waals surface area contributed by atoms with Gasteiger partial charge in [-0.05, 0) is 33.3 Å². The molecule has 7 heteroatoms. The van der Waals surface area contributed by atoms with Crippen molar-refractivity contribution in [3.05, 3.63) is 23.8 Å². The molecule has 0 unspecified atom stereocenters. The van der Waals surface area contributed by atoms with Crippen molar-refractivity contribution in [3.8, 4) is 0 Å². The van der Waals surface area contributed by atoms with Crippen molar-refractivity contribution in [2.24, 2.45) is 0 Å². The van der Waals surface area contributed by atoms with E-state index in [0.717, 1.165) is 5.69 Å². The Balaban J connectivity index is 2.25. The highest BCUT2D eigenvalue weighted by atomic mass is 16.3. The van der Waals surface area contributed by atoms with E-state index in [2.05, 4.69) is 20.4 Å². The van der Waals surface area contributed by atoms with E-state index in [1.54, 1.807) is 12.3 Å². The lowest BCUT2D eigenvalue weighted by molar-refractivity contribution is 0.0889. The molecule has 2 aromatic heterocycles. The van der Waals surface area contributed by atoms with Crippen LogP contribution >= 0.6 is 0 Å². The summed E-state index contributed by atoms with van der Waals surface area (Å²) in [6.07, 6.45) is 2.08. The molecule has 2 N–H and O–H groups in total. The molecule has 0 aliphatic carbocycles. The molecule has 7 nitrogen and oxygen atoms in total. The first-order valence-corrected chi connectivity index (χ1v) is 6.05. The van der Waals surface area contributed by atoms with Crippen molar-refractivity contribution in [3.63, 3.8) is 0 Å². The molecule has 19 heavy (non-hydrogen) atoms. The van der Waals surface area contributed by atoms with Gasteiger partial charge in [0, 0.05) is 24.0 Å². The molecule has 0 aliphatic rings. The van der Waals surface area contributed by atoms with Gasteiger partial charge < -0.3 is 10.4 Å². The minimum Gasteiger partial charge on any atom is -0.396 e. The number of aliphatic hydroxyl groups is 1. The number of carbonyl (C=O) groups excluding carboxylic acids is 1. The molecule has 0 radical (unpaired) electrons. The van der Waals surface area contributed by atoms with Gasteiger partial charge in [0.2, 0.25) is 5.82 Å². The zero-order valence-corrected chi connectivity index (χ0v) is 11.2. The Labute approximate surface area is 110 Å². The van der Waals surface area contributed by atoms with Crippen LogP contribution in [0.2, 0.25) is 0 Å². The Hall–Kier alpha value is -2.02. The van der Waals surface area contributed by atoms with Crippen LogP contribution in [-0.4, -0.2) is 42.7 Å². The van der Waals surface area contributed by atoms with Gasteiger partial charge in [-0.1, -0.05) is 0 Å². The van der Waals surface area contributed by atoms with Gasteiger partial charge >= 0.3 is 0 Å². The van der Waals surface area contributed by atoms with E-state index in [0.29, 0.717) is 12.2 Å². The van der Waals surface area contributed by atoms with Gasteiger partial charge in [-0.2, -0.15) is 4.98 Å². The van der Waals surface area contributed by atoms with Gasteiger partial charge in [-0.25, -0.2) is 9.50 Å². The lowest BCUT2D eigenvalue weighted by Crippen LogP contribution is -2.44. The van der Waals surface area contributed by atoms with Crippen LogP contribution in [0.5, 0.6) is 0 Å². The van der Waals surface area contributed by atoms with E-state index in [4.69, 9.17) is 5.11 Å². The molecule has 0 bridgehead atoms. The number of hydrogen-bond donors (Lipinski definition) is 2. The lowest BCUT2D eigenvalue weighted by atomic mass is 10.0. The maximum absolute atomic E-state index is 12.1. The van der Waals surface area contributed by atoms with E-state index in [1.165, 1.54) is 4.52 Å². The smallest absolute Gasteiger partial charge is 0.291 e. The summed E-state index contributed by atoms with van der Waals surface area (Å²) in [6.45, 7) is 5.54. The molecule has 0 saturated carbocycles. The Kier molecular flexibility index (Phi) is 3.48. The monoisotopic (exact) mass is 263 g/mol. The van der Waals surface area contributed by atoms with Gasteiger partial charge in [0.1, 0.15) is 0 Å². The molecule has 0 spiro atoms. The predicted molar refractivity (Wildman–Crippen MR) is 68.8 cm³/mol. The zero-order valence-electron chi connectivity index (χ0n) is 11.2. The molecule has 2 heterocycles. The number of rotatable bonds is 4. The minimum atomic E-state index is -0.508. The summed E-state index contributed by atoms with van der Waals surface area (Å²) in [4.78, 5) is 20.2. The van der Waals surface area contributed by atoms with Gasteiger partial charge in [-0.15, -0.1) is 5.10 Å². The van der Waals surface area contributed by atoms with Gasteiger partial charge in [0.05, 0.1) is 0 Å². The molecule has 0 aromatic carbocycles.